The van der Waals surface area contributed by atoms with Gasteiger partial charge in [0.15, 0.2) is 0 Å². The third-order valence-corrected chi connectivity index (χ3v) is 4.15. The molecule has 2 aromatic carbocycles. The van der Waals surface area contributed by atoms with Crippen molar-refractivity contribution in [2.45, 2.75) is 31.1 Å². The second-order valence-corrected chi connectivity index (χ2v) is 7.37. The van der Waals surface area contributed by atoms with Crippen LogP contribution in [0, 0.1) is 0 Å². The Morgan fingerprint density at radius 2 is 1.71 bits per heavy atom. The number of hydrogen-bond donors (Lipinski definition) is 3. The molecule has 7 heteroatoms. The predicted molar refractivity (Wildman–Crippen MR) is 87.2 cm³/mol. The Morgan fingerprint density at radius 3 is 2.19 bits per heavy atom. The fraction of sp³-hybridized carbons (Fsp3) is 0.286. The molecule has 0 aliphatic rings. The average molecular weight is 318 g/mol. The molecule has 0 saturated carbocycles. The van der Waals surface area contributed by atoms with E-state index < -0.39 is 15.4 Å². The maximum atomic E-state index is 11.8. The topological polar surface area (TPSA) is 106 Å². The van der Waals surface area contributed by atoms with Gasteiger partial charge in [0.2, 0.25) is 10.0 Å². The Balaban J connectivity index is 0.00000220. The van der Waals surface area contributed by atoms with Crippen LogP contribution in [0.2, 0.25) is 0 Å². The van der Waals surface area contributed by atoms with E-state index in [-0.39, 0.29) is 40.2 Å². The summed E-state index contributed by atoms with van der Waals surface area (Å²) in [6.45, 7) is 5.44. The fourth-order valence-electron chi connectivity index (χ4n) is 2.35. The van der Waals surface area contributed by atoms with E-state index in [0.717, 1.165) is 0 Å². The van der Waals surface area contributed by atoms with Gasteiger partial charge in [-0.3, -0.25) is 0 Å². The summed E-state index contributed by atoms with van der Waals surface area (Å²) >= 11 is 0. The molecule has 0 aliphatic heterocycles. The van der Waals surface area contributed by atoms with Gasteiger partial charge in [-0.15, -0.1) is 0 Å². The van der Waals surface area contributed by atoms with E-state index >= 15 is 0 Å². The van der Waals surface area contributed by atoms with Crippen LogP contribution in [0.25, 0.3) is 10.8 Å². The molecule has 5 N–H and O–H groups in total. The van der Waals surface area contributed by atoms with E-state index in [1.54, 1.807) is 18.2 Å². The van der Waals surface area contributed by atoms with Crippen LogP contribution in [0.5, 0.6) is 5.75 Å². The van der Waals surface area contributed by atoms with E-state index in [0.29, 0.717) is 22.0 Å². The Morgan fingerprint density at radius 1 is 1.14 bits per heavy atom. The molecule has 0 aliphatic carbocycles. The summed E-state index contributed by atoms with van der Waals surface area (Å²) < 4.78 is 23.7. The molecule has 0 atom stereocenters. The number of benzene rings is 2. The van der Waals surface area contributed by atoms with E-state index in [1.165, 1.54) is 6.07 Å². The van der Waals surface area contributed by atoms with Crippen molar-refractivity contribution in [2.75, 3.05) is 5.73 Å². The average Bonchev–Trinajstić information content (AvgIpc) is 2.27. The summed E-state index contributed by atoms with van der Waals surface area (Å²) in [5, 5.41) is 16.8. The second kappa shape index (κ2) is 5.78. The molecule has 0 spiro atoms. The van der Waals surface area contributed by atoms with Crippen LogP contribution in [-0.4, -0.2) is 43.1 Å². The van der Waals surface area contributed by atoms with Crippen molar-refractivity contribution in [2.24, 2.45) is 5.14 Å². The number of sulfonamides is 1. The van der Waals surface area contributed by atoms with Gasteiger partial charge in [0.25, 0.3) is 0 Å². The van der Waals surface area contributed by atoms with Crippen LogP contribution in [0.4, 0.5) is 5.69 Å². The number of fused-ring (bicyclic) bond motifs is 1. The first-order valence-corrected chi connectivity index (χ1v) is 7.65. The van der Waals surface area contributed by atoms with Crippen molar-refractivity contribution < 1.29 is 13.5 Å². The molecule has 0 aromatic heterocycles. The van der Waals surface area contributed by atoms with Crippen molar-refractivity contribution in [3.05, 3.63) is 29.8 Å². The first-order chi connectivity index (χ1) is 9.03. The molecular weight excluding hydrogens is 299 g/mol. The maximum absolute atomic E-state index is 11.8. The minimum absolute atomic E-state index is 0. The monoisotopic (exact) mass is 318 g/mol. The standard InChI is InChI=1S/C14H18N2O3S.Na.H/c1-14(2,3)12-11(20(16,18)19)7-9-8(13(12)17)5-4-6-10(9)15;;/h4-7,17H,15H2,1-3H3,(H2,16,18,19);;. The Kier molecular flexibility index (Phi) is 5.02. The molecule has 2 aromatic rings. The number of aromatic hydroxyl groups is 1. The van der Waals surface area contributed by atoms with Gasteiger partial charge in [0, 0.05) is 22.0 Å². The molecule has 0 unspecified atom stereocenters. The Bertz CT molecular complexity index is 796. The summed E-state index contributed by atoms with van der Waals surface area (Å²) in [5.74, 6) is -0.0914. The molecule has 5 nitrogen and oxygen atoms in total. The van der Waals surface area contributed by atoms with E-state index in [2.05, 4.69) is 0 Å². The number of primary sulfonamides is 1. The van der Waals surface area contributed by atoms with Crippen LogP contribution < -0.4 is 10.9 Å². The number of nitrogen functional groups attached to an aromatic ring is 1. The third kappa shape index (κ3) is 3.35. The molecule has 0 bridgehead atoms. The van der Waals surface area contributed by atoms with E-state index in [9.17, 15) is 13.5 Å². The zero-order valence-corrected chi connectivity index (χ0v) is 12.5. The SMILES string of the molecule is CC(C)(C)c1c(S(N)(=O)=O)cc2c(N)cccc2c1O.[NaH]. The molecule has 110 valence electrons. The summed E-state index contributed by atoms with van der Waals surface area (Å²) in [5.41, 5.74) is 5.97. The van der Waals surface area contributed by atoms with Gasteiger partial charge in [-0.1, -0.05) is 32.9 Å². The molecule has 0 radical (unpaired) electrons. The number of phenolic OH excluding ortho intramolecular Hbond substituents is 1. The summed E-state index contributed by atoms with van der Waals surface area (Å²) in [6.07, 6.45) is 0. The van der Waals surface area contributed by atoms with Gasteiger partial charge in [-0.25, -0.2) is 13.6 Å². The molecule has 0 heterocycles. The van der Waals surface area contributed by atoms with E-state index in [4.69, 9.17) is 10.9 Å². The molecule has 0 fully saturated rings. The third-order valence-electron chi connectivity index (χ3n) is 3.21. The normalized spacial score (nSPS) is 12.2. The van der Waals surface area contributed by atoms with Crippen molar-refractivity contribution in [3.63, 3.8) is 0 Å². The number of phenols is 1. The number of nitrogens with two attached hydrogens (primary N) is 2. The summed E-state index contributed by atoms with van der Waals surface area (Å²) in [4.78, 5) is -0.0899. The van der Waals surface area contributed by atoms with Crippen molar-refractivity contribution >= 4 is 56.0 Å². The van der Waals surface area contributed by atoms with Crippen molar-refractivity contribution in [1.82, 2.24) is 0 Å². The van der Waals surface area contributed by atoms with E-state index in [1.807, 2.05) is 20.8 Å². The number of anilines is 1. The van der Waals surface area contributed by atoms with Crippen LogP contribution in [-0.2, 0) is 15.4 Å². The minimum atomic E-state index is -3.96. The Labute approximate surface area is 146 Å². The molecule has 0 amide bonds. The van der Waals surface area contributed by atoms with Crippen molar-refractivity contribution in [1.29, 1.82) is 0 Å². The zero-order chi connectivity index (χ0) is 15.3. The van der Waals surface area contributed by atoms with Crippen LogP contribution in [0.1, 0.15) is 26.3 Å². The summed E-state index contributed by atoms with van der Waals surface area (Å²) in [6, 6.07) is 6.48. The quantitative estimate of drug-likeness (QED) is 0.546. The molecule has 0 saturated heterocycles. The van der Waals surface area contributed by atoms with Crippen LogP contribution in [0.3, 0.4) is 0 Å². The number of rotatable bonds is 1. The fourth-order valence-corrected chi connectivity index (χ4v) is 3.32. The van der Waals surface area contributed by atoms with Crippen LogP contribution >= 0.6 is 0 Å². The van der Waals surface area contributed by atoms with Gasteiger partial charge >= 0.3 is 29.6 Å². The van der Waals surface area contributed by atoms with Gasteiger partial charge in [-0.05, 0) is 17.5 Å². The molecule has 21 heavy (non-hydrogen) atoms. The summed E-state index contributed by atoms with van der Waals surface area (Å²) in [7, 11) is -3.96. The molecule has 2 rings (SSSR count). The first kappa shape index (κ1) is 18.3. The van der Waals surface area contributed by atoms with Gasteiger partial charge < -0.3 is 10.8 Å². The van der Waals surface area contributed by atoms with Gasteiger partial charge in [0.05, 0.1) is 4.90 Å². The number of hydrogen-bond acceptors (Lipinski definition) is 4. The molecular formula is C14H19N2NaO3S. The first-order valence-electron chi connectivity index (χ1n) is 6.11. The van der Waals surface area contributed by atoms with Gasteiger partial charge in [-0.2, -0.15) is 0 Å². The van der Waals surface area contributed by atoms with Crippen molar-refractivity contribution in [3.8, 4) is 5.75 Å². The Hall–Kier alpha value is -0.790. The van der Waals surface area contributed by atoms with Gasteiger partial charge in [0.1, 0.15) is 5.75 Å². The predicted octanol–water partition coefficient (Wildman–Crippen LogP) is 1.42. The van der Waals surface area contributed by atoms with Crippen LogP contribution in [0.15, 0.2) is 29.2 Å². The second-order valence-electron chi connectivity index (χ2n) is 5.84. The zero-order valence-electron chi connectivity index (χ0n) is 11.6.